The van der Waals surface area contributed by atoms with Crippen molar-refractivity contribution in [2.75, 3.05) is 0 Å². The quantitative estimate of drug-likeness (QED) is 0.680. The van der Waals surface area contributed by atoms with Crippen molar-refractivity contribution in [3.8, 4) is 0 Å². The van der Waals surface area contributed by atoms with Gasteiger partial charge in [0.2, 0.25) is 0 Å². The van der Waals surface area contributed by atoms with Crippen LogP contribution in [0.1, 0.15) is 85.5 Å². The Morgan fingerprint density at radius 3 is 2.10 bits per heavy atom. The summed E-state index contributed by atoms with van der Waals surface area (Å²) in [6.07, 6.45) is 13.1. The smallest absolute Gasteiger partial charge is 0.0103 e. The maximum Gasteiger partial charge on any atom is 0.0103 e. The van der Waals surface area contributed by atoms with Gasteiger partial charge in [0.25, 0.3) is 0 Å². The molecule has 20 heavy (non-hydrogen) atoms. The largest absolute Gasteiger partial charge is 0.311 e. The van der Waals surface area contributed by atoms with Gasteiger partial charge in [0.15, 0.2) is 0 Å². The first-order valence-corrected chi connectivity index (χ1v) is 9.34. The molecule has 0 saturated heterocycles. The average Bonchev–Trinajstić information content (AvgIpc) is 2.67. The van der Waals surface area contributed by atoms with E-state index in [9.17, 15) is 0 Å². The zero-order chi connectivity index (χ0) is 14.5. The second kappa shape index (κ2) is 7.82. The summed E-state index contributed by atoms with van der Waals surface area (Å²) in [5, 5.41) is 4.08. The van der Waals surface area contributed by atoms with Crippen LogP contribution in [0.4, 0.5) is 0 Å². The fourth-order valence-electron chi connectivity index (χ4n) is 4.68. The van der Waals surface area contributed by atoms with Gasteiger partial charge in [-0.1, -0.05) is 52.9 Å². The van der Waals surface area contributed by atoms with E-state index in [0.717, 1.165) is 35.8 Å². The first-order chi connectivity index (χ1) is 9.58. The van der Waals surface area contributed by atoms with Crippen LogP contribution >= 0.6 is 0 Å². The summed E-state index contributed by atoms with van der Waals surface area (Å²) >= 11 is 0. The minimum atomic E-state index is 0.727. The van der Waals surface area contributed by atoms with Gasteiger partial charge >= 0.3 is 0 Å². The highest BCUT2D eigenvalue weighted by atomic mass is 15.0. The Hall–Kier alpha value is -0.0400. The van der Waals surface area contributed by atoms with Crippen molar-refractivity contribution >= 4 is 0 Å². The van der Waals surface area contributed by atoms with Crippen molar-refractivity contribution in [3.05, 3.63) is 0 Å². The van der Waals surface area contributed by atoms with Crippen LogP contribution in [-0.4, -0.2) is 12.1 Å². The molecule has 0 aromatic heterocycles. The van der Waals surface area contributed by atoms with E-state index in [2.05, 4.69) is 33.0 Å². The summed E-state index contributed by atoms with van der Waals surface area (Å²) in [5.74, 6) is 3.59. The number of nitrogens with one attached hydrogen (secondary N) is 1. The fourth-order valence-corrected chi connectivity index (χ4v) is 4.68. The van der Waals surface area contributed by atoms with Crippen molar-refractivity contribution in [3.63, 3.8) is 0 Å². The molecular formula is C19H37N. The molecule has 2 aliphatic carbocycles. The molecule has 3 unspecified atom stereocenters. The molecule has 4 atom stereocenters. The van der Waals surface area contributed by atoms with Crippen molar-refractivity contribution in [1.82, 2.24) is 5.32 Å². The SMILES string of the molecule is CC1CCC(C(C)C)C(N[C@H](C)C2CCCCCC2)C1. The van der Waals surface area contributed by atoms with Crippen LogP contribution in [0.15, 0.2) is 0 Å². The molecule has 0 spiro atoms. The molecule has 1 heteroatoms. The lowest BCUT2D eigenvalue weighted by Crippen LogP contribution is -2.48. The highest BCUT2D eigenvalue weighted by Crippen LogP contribution is 2.35. The van der Waals surface area contributed by atoms with Gasteiger partial charge in [-0.15, -0.1) is 0 Å². The molecule has 1 nitrogen and oxygen atoms in total. The van der Waals surface area contributed by atoms with Gasteiger partial charge in [0, 0.05) is 12.1 Å². The van der Waals surface area contributed by atoms with E-state index in [1.54, 1.807) is 0 Å². The van der Waals surface area contributed by atoms with Crippen LogP contribution < -0.4 is 5.32 Å². The monoisotopic (exact) mass is 279 g/mol. The van der Waals surface area contributed by atoms with Crippen molar-refractivity contribution in [2.24, 2.45) is 23.7 Å². The van der Waals surface area contributed by atoms with E-state index >= 15 is 0 Å². The third kappa shape index (κ3) is 4.48. The molecule has 0 amide bonds. The third-order valence-corrected chi connectivity index (χ3v) is 6.11. The summed E-state index contributed by atoms with van der Waals surface area (Å²) in [7, 11) is 0. The summed E-state index contributed by atoms with van der Waals surface area (Å²) < 4.78 is 0. The van der Waals surface area contributed by atoms with Gasteiger partial charge in [-0.2, -0.15) is 0 Å². The molecule has 0 radical (unpaired) electrons. The molecule has 1 N–H and O–H groups in total. The maximum absolute atomic E-state index is 4.08. The fraction of sp³-hybridized carbons (Fsp3) is 1.00. The molecule has 0 aliphatic heterocycles. The minimum Gasteiger partial charge on any atom is -0.311 e. The van der Waals surface area contributed by atoms with Crippen molar-refractivity contribution in [1.29, 1.82) is 0 Å². The van der Waals surface area contributed by atoms with Gasteiger partial charge in [0.1, 0.15) is 0 Å². The second-order valence-electron chi connectivity index (χ2n) is 8.14. The number of rotatable bonds is 4. The Morgan fingerprint density at radius 1 is 0.850 bits per heavy atom. The van der Waals surface area contributed by atoms with E-state index < -0.39 is 0 Å². The molecule has 0 bridgehead atoms. The lowest BCUT2D eigenvalue weighted by atomic mass is 9.73. The molecule has 2 saturated carbocycles. The molecule has 0 heterocycles. The predicted octanol–water partition coefficient (Wildman–Crippen LogP) is 5.40. The molecular weight excluding hydrogens is 242 g/mol. The molecule has 118 valence electrons. The van der Waals surface area contributed by atoms with Crippen LogP contribution in [0.2, 0.25) is 0 Å². The lowest BCUT2D eigenvalue weighted by molar-refractivity contribution is 0.147. The maximum atomic E-state index is 4.08. The number of hydrogen-bond acceptors (Lipinski definition) is 1. The van der Waals surface area contributed by atoms with E-state index in [4.69, 9.17) is 0 Å². The first-order valence-electron chi connectivity index (χ1n) is 9.34. The van der Waals surface area contributed by atoms with Crippen molar-refractivity contribution in [2.45, 2.75) is 97.6 Å². The Labute approximate surface area is 127 Å². The zero-order valence-corrected chi connectivity index (χ0v) is 14.3. The predicted molar refractivity (Wildman–Crippen MR) is 88.9 cm³/mol. The van der Waals surface area contributed by atoms with Gasteiger partial charge in [0.05, 0.1) is 0 Å². The van der Waals surface area contributed by atoms with Gasteiger partial charge in [-0.3, -0.25) is 0 Å². The van der Waals surface area contributed by atoms with E-state index in [-0.39, 0.29) is 0 Å². The summed E-state index contributed by atoms with van der Waals surface area (Å²) in [4.78, 5) is 0. The minimum absolute atomic E-state index is 0.727. The third-order valence-electron chi connectivity index (χ3n) is 6.11. The Balaban J connectivity index is 1.90. The van der Waals surface area contributed by atoms with E-state index in [1.165, 1.54) is 57.8 Å². The Kier molecular flexibility index (Phi) is 6.39. The highest BCUT2D eigenvalue weighted by molar-refractivity contribution is 4.88. The molecule has 2 fully saturated rings. The standard InChI is InChI=1S/C19H37N/c1-14(2)18-12-11-15(3)13-19(18)20-16(4)17-9-7-5-6-8-10-17/h14-20H,5-13H2,1-4H3/t15?,16-,18?,19?/m1/s1. The Morgan fingerprint density at radius 2 is 1.50 bits per heavy atom. The summed E-state index contributed by atoms with van der Waals surface area (Å²) in [6.45, 7) is 9.76. The first kappa shape index (κ1) is 16.3. The lowest BCUT2D eigenvalue weighted by Gasteiger charge is -2.40. The zero-order valence-electron chi connectivity index (χ0n) is 14.3. The molecule has 0 aromatic rings. The van der Waals surface area contributed by atoms with Crippen LogP contribution in [-0.2, 0) is 0 Å². The van der Waals surface area contributed by atoms with Gasteiger partial charge in [-0.05, 0) is 56.3 Å². The van der Waals surface area contributed by atoms with Crippen molar-refractivity contribution < 1.29 is 0 Å². The van der Waals surface area contributed by atoms with Gasteiger partial charge < -0.3 is 5.32 Å². The van der Waals surface area contributed by atoms with Crippen LogP contribution in [0.3, 0.4) is 0 Å². The number of hydrogen-bond donors (Lipinski definition) is 1. The summed E-state index contributed by atoms with van der Waals surface area (Å²) in [5.41, 5.74) is 0. The van der Waals surface area contributed by atoms with E-state index in [0.29, 0.717) is 0 Å². The topological polar surface area (TPSA) is 12.0 Å². The molecule has 0 aromatic carbocycles. The molecule has 2 rings (SSSR count). The van der Waals surface area contributed by atoms with Crippen LogP contribution in [0.5, 0.6) is 0 Å². The van der Waals surface area contributed by atoms with E-state index in [1.807, 2.05) is 0 Å². The summed E-state index contributed by atoms with van der Waals surface area (Å²) in [6, 6.07) is 1.50. The van der Waals surface area contributed by atoms with Crippen LogP contribution in [0, 0.1) is 23.7 Å². The highest BCUT2D eigenvalue weighted by Gasteiger charge is 2.32. The second-order valence-corrected chi connectivity index (χ2v) is 8.14. The van der Waals surface area contributed by atoms with Gasteiger partial charge in [-0.25, -0.2) is 0 Å². The molecule has 2 aliphatic rings. The normalized spacial score (nSPS) is 35.0. The average molecular weight is 280 g/mol. The van der Waals surface area contributed by atoms with Crippen LogP contribution in [0.25, 0.3) is 0 Å². The Bertz CT molecular complexity index is 265.